The van der Waals surface area contributed by atoms with Crippen molar-refractivity contribution in [3.63, 3.8) is 0 Å². The summed E-state index contributed by atoms with van der Waals surface area (Å²) in [6.45, 7) is 0.949. The minimum Gasteiger partial charge on any atom is -0.381 e. The van der Waals surface area contributed by atoms with Gasteiger partial charge in [-0.25, -0.2) is 12.8 Å². The minimum atomic E-state index is -3.88. The Morgan fingerprint density at radius 3 is 2.47 bits per heavy atom. The number of carbonyl (C=O) groups excluding carboxylic acids is 1. The van der Waals surface area contributed by atoms with Crippen molar-refractivity contribution in [1.82, 2.24) is 9.62 Å². The predicted molar refractivity (Wildman–Crippen MR) is 116 cm³/mol. The monoisotopic (exact) mass is 482 g/mol. The minimum absolute atomic E-state index is 0.00469. The molecular formula is C22H24ClFN2O5S. The SMILES string of the molecule is O=C(NC1(c2ccc(F)cc2)CCOCC1)[C@@H]1CN(S(=O)(=O)c2ccccc2Cl)CCO1. The van der Waals surface area contributed by atoms with Gasteiger partial charge in [0, 0.05) is 26.3 Å². The van der Waals surface area contributed by atoms with Crippen molar-refractivity contribution in [3.05, 3.63) is 64.9 Å². The maximum absolute atomic E-state index is 13.5. The Hall–Kier alpha value is -2.04. The van der Waals surface area contributed by atoms with Crippen molar-refractivity contribution in [3.8, 4) is 0 Å². The average Bonchev–Trinajstić information content (AvgIpc) is 2.80. The van der Waals surface area contributed by atoms with Crippen LogP contribution in [0.2, 0.25) is 5.02 Å². The molecule has 0 spiro atoms. The van der Waals surface area contributed by atoms with Gasteiger partial charge < -0.3 is 14.8 Å². The number of carbonyl (C=O) groups is 1. The Morgan fingerprint density at radius 2 is 1.78 bits per heavy atom. The van der Waals surface area contributed by atoms with Gasteiger partial charge in [0.05, 0.1) is 17.2 Å². The molecule has 2 aromatic rings. The summed E-state index contributed by atoms with van der Waals surface area (Å²) in [6, 6.07) is 12.2. The molecule has 1 amide bonds. The third-order valence-corrected chi connectivity index (χ3v) is 8.25. The van der Waals surface area contributed by atoms with E-state index in [4.69, 9.17) is 21.1 Å². The van der Waals surface area contributed by atoms with Gasteiger partial charge in [0.1, 0.15) is 16.8 Å². The Bertz CT molecular complexity index is 1070. The van der Waals surface area contributed by atoms with Crippen LogP contribution >= 0.6 is 11.6 Å². The van der Waals surface area contributed by atoms with E-state index in [1.165, 1.54) is 28.6 Å². The molecule has 32 heavy (non-hydrogen) atoms. The molecule has 2 aliphatic heterocycles. The zero-order chi connectivity index (χ0) is 22.8. The Balaban J connectivity index is 1.53. The molecule has 2 aromatic carbocycles. The van der Waals surface area contributed by atoms with Gasteiger partial charge in [-0.05, 0) is 42.7 Å². The maximum atomic E-state index is 13.5. The second kappa shape index (κ2) is 9.44. The summed E-state index contributed by atoms with van der Waals surface area (Å²) in [7, 11) is -3.88. The van der Waals surface area contributed by atoms with Crippen LogP contribution in [0.25, 0.3) is 0 Å². The quantitative estimate of drug-likeness (QED) is 0.708. The molecule has 4 rings (SSSR count). The van der Waals surface area contributed by atoms with Gasteiger partial charge in [-0.15, -0.1) is 0 Å². The number of nitrogens with one attached hydrogen (secondary N) is 1. The highest BCUT2D eigenvalue weighted by Crippen LogP contribution is 2.33. The lowest BCUT2D eigenvalue weighted by atomic mass is 9.82. The third kappa shape index (κ3) is 4.67. The highest BCUT2D eigenvalue weighted by molar-refractivity contribution is 7.89. The molecule has 2 fully saturated rings. The van der Waals surface area contributed by atoms with Gasteiger partial charge in [0.25, 0.3) is 5.91 Å². The molecule has 1 atom stereocenters. The van der Waals surface area contributed by atoms with Gasteiger partial charge in [-0.3, -0.25) is 4.79 Å². The first-order chi connectivity index (χ1) is 15.3. The summed E-state index contributed by atoms with van der Waals surface area (Å²) >= 11 is 6.10. The molecule has 0 bridgehead atoms. The molecule has 0 saturated carbocycles. The Morgan fingerprint density at radius 1 is 1.09 bits per heavy atom. The van der Waals surface area contributed by atoms with Crippen LogP contribution in [-0.2, 0) is 29.8 Å². The highest BCUT2D eigenvalue weighted by atomic mass is 35.5. The van der Waals surface area contributed by atoms with Crippen LogP contribution in [0.3, 0.4) is 0 Å². The first kappa shape index (κ1) is 23.1. The second-order valence-corrected chi connectivity index (χ2v) is 10.2. The summed E-state index contributed by atoms with van der Waals surface area (Å²) in [5, 5.41) is 3.17. The maximum Gasteiger partial charge on any atom is 0.251 e. The number of halogens is 2. The lowest BCUT2D eigenvalue weighted by Gasteiger charge is -2.40. The molecule has 10 heteroatoms. The number of morpholine rings is 1. The number of ether oxygens (including phenoxy) is 2. The number of hydrogen-bond donors (Lipinski definition) is 1. The molecule has 2 aliphatic rings. The number of nitrogens with zero attached hydrogens (tertiary/aromatic N) is 1. The Labute approximate surface area is 191 Å². The number of amides is 1. The average molecular weight is 483 g/mol. The molecule has 0 aromatic heterocycles. The summed E-state index contributed by atoms with van der Waals surface area (Å²) in [4.78, 5) is 13.2. The molecule has 0 aliphatic carbocycles. The number of sulfonamides is 1. The van der Waals surface area contributed by atoms with Gasteiger partial charge >= 0.3 is 0 Å². The second-order valence-electron chi connectivity index (χ2n) is 7.84. The normalized spacial score (nSPS) is 21.8. The number of rotatable bonds is 5. The van der Waals surface area contributed by atoms with Gasteiger partial charge in [0.2, 0.25) is 10.0 Å². The largest absolute Gasteiger partial charge is 0.381 e. The lowest BCUT2D eigenvalue weighted by Crippen LogP contribution is -2.57. The van der Waals surface area contributed by atoms with Crippen LogP contribution in [-0.4, -0.2) is 57.6 Å². The third-order valence-electron chi connectivity index (χ3n) is 5.88. The van der Waals surface area contributed by atoms with Crippen LogP contribution in [0, 0.1) is 5.82 Å². The summed E-state index contributed by atoms with van der Waals surface area (Å²) < 4.78 is 51.9. The zero-order valence-corrected chi connectivity index (χ0v) is 18.9. The molecule has 2 heterocycles. The van der Waals surface area contributed by atoms with E-state index in [-0.39, 0.29) is 35.4 Å². The number of hydrogen-bond acceptors (Lipinski definition) is 5. The van der Waals surface area contributed by atoms with Crippen LogP contribution in [0.15, 0.2) is 53.4 Å². The Kier molecular flexibility index (Phi) is 6.83. The summed E-state index contributed by atoms with van der Waals surface area (Å²) in [6.07, 6.45) is 0.0402. The summed E-state index contributed by atoms with van der Waals surface area (Å²) in [5.74, 6) is -0.784. The first-order valence-corrected chi connectivity index (χ1v) is 12.2. The van der Waals surface area contributed by atoms with Crippen molar-refractivity contribution in [2.75, 3.05) is 32.9 Å². The highest BCUT2D eigenvalue weighted by Gasteiger charge is 2.40. The fourth-order valence-electron chi connectivity index (χ4n) is 4.09. The molecule has 0 radical (unpaired) electrons. The standard InChI is InChI=1S/C22H24ClFN2O5S/c23-18-3-1-2-4-20(18)32(28,29)26-11-14-31-19(15-26)21(27)25-22(9-12-30-13-10-22)16-5-7-17(24)8-6-16/h1-8,19H,9-15H2,(H,25,27)/t19-/m0/s1. The van der Waals surface area contributed by atoms with E-state index in [0.717, 1.165) is 5.56 Å². The van der Waals surface area contributed by atoms with Crippen molar-refractivity contribution < 1.29 is 27.1 Å². The van der Waals surface area contributed by atoms with Crippen LogP contribution < -0.4 is 5.32 Å². The van der Waals surface area contributed by atoms with Crippen molar-refractivity contribution in [1.29, 1.82) is 0 Å². The van der Waals surface area contributed by atoms with Gasteiger partial charge in [0.15, 0.2) is 0 Å². The van der Waals surface area contributed by atoms with Crippen molar-refractivity contribution in [2.24, 2.45) is 0 Å². The first-order valence-electron chi connectivity index (χ1n) is 10.3. The zero-order valence-electron chi connectivity index (χ0n) is 17.3. The van der Waals surface area contributed by atoms with E-state index in [9.17, 15) is 17.6 Å². The van der Waals surface area contributed by atoms with Crippen LogP contribution in [0.5, 0.6) is 0 Å². The van der Waals surface area contributed by atoms with E-state index in [0.29, 0.717) is 26.1 Å². The van der Waals surface area contributed by atoms with Gasteiger partial charge in [-0.2, -0.15) is 4.31 Å². The fraction of sp³-hybridized carbons (Fsp3) is 0.409. The lowest BCUT2D eigenvalue weighted by molar-refractivity contribution is -0.139. The van der Waals surface area contributed by atoms with E-state index in [1.54, 1.807) is 24.3 Å². The van der Waals surface area contributed by atoms with Crippen LogP contribution in [0.4, 0.5) is 4.39 Å². The molecular weight excluding hydrogens is 459 g/mol. The van der Waals surface area contributed by atoms with E-state index in [1.807, 2.05) is 0 Å². The van der Waals surface area contributed by atoms with Crippen molar-refractivity contribution >= 4 is 27.5 Å². The molecule has 0 unspecified atom stereocenters. The molecule has 1 N–H and O–H groups in total. The van der Waals surface area contributed by atoms with E-state index >= 15 is 0 Å². The summed E-state index contributed by atoms with van der Waals surface area (Å²) in [5.41, 5.74) is 0.0305. The molecule has 2 saturated heterocycles. The smallest absolute Gasteiger partial charge is 0.251 e. The van der Waals surface area contributed by atoms with Gasteiger partial charge in [-0.1, -0.05) is 35.9 Å². The predicted octanol–water partition coefficient (Wildman–Crippen LogP) is 2.69. The van der Waals surface area contributed by atoms with Crippen molar-refractivity contribution in [2.45, 2.75) is 29.4 Å². The fourth-order valence-corrected chi connectivity index (χ4v) is 6.00. The topological polar surface area (TPSA) is 84.9 Å². The van der Waals surface area contributed by atoms with E-state index in [2.05, 4.69) is 5.32 Å². The molecule has 172 valence electrons. The number of benzene rings is 2. The van der Waals surface area contributed by atoms with Crippen LogP contribution in [0.1, 0.15) is 18.4 Å². The van der Waals surface area contributed by atoms with E-state index < -0.39 is 27.6 Å². The molecule has 7 nitrogen and oxygen atoms in total.